The van der Waals surface area contributed by atoms with Gasteiger partial charge < -0.3 is 5.73 Å². The zero-order valence-electron chi connectivity index (χ0n) is 10.0. The van der Waals surface area contributed by atoms with Gasteiger partial charge >= 0.3 is 0 Å². The molecule has 16 heavy (non-hydrogen) atoms. The van der Waals surface area contributed by atoms with Crippen molar-refractivity contribution >= 4 is 0 Å². The van der Waals surface area contributed by atoms with E-state index in [2.05, 4.69) is 31.2 Å². The van der Waals surface area contributed by atoms with E-state index in [0.717, 1.165) is 24.2 Å². The first-order chi connectivity index (χ1) is 7.72. The van der Waals surface area contributed by atoms with Gasteiger partial charge in [-0.1, -0.05) is 29.8 Å². The Morgan fingerprint density at radius 3 is 2.69 bits per heavy atom. The molecular formula is C15H21N. The van der Waals surface area contributed by atoms with E-state index in [1.165, 1.54) is 30.4 Å². The predicted octanol–water partition coefficient (Wildman–Crippen LogP) is 2.91. The smallest absolute Gasteiger partial charge is 0.0108 e. The highest BCUT2D eigenvalue weighted by Crippen LogP contribution is 2.55. The van der Waals surface area contributed by atoms with Crippen LogP contribution in [-0.2, 0) is 6.42 Å². The first-order valence-electron chi connectivity index (χ1n) is 6.53. The second-order valence-corrected chi connectivity index (χ2v) is 5.84. The number of benzene rings is 1. The molecule has 3 atom stereocenters. The largest absolute Gasteiger partial charge is 0.327 e. The summed E-state index contributed by atoms with van der Waals surface area (Å²) >= 11 is 0. The van der Waals surface area contributed by atoms with Gasteiger partial charge in [0.15, 0.2) is 0 Å². The normalized spacial score (nSPS) is 33.5. The highest BCUT2D eigenvalue weighted by atomic mass is 14.7. The molecule has 2 saturated carbocycles. The molecule has 0 amide bonds. The van der Waals surface area contributed by atoms with Gasteiger partial charge in [-0.15, -0.1) is 0 Å². The molecule has 2 N–H and O–H groups in total. The van der Waals surface area contributed by atoms with Gasteiger partial charge in [-0.3, -0.25) is 0 Å². The molecule has 86 valence electrons. The molecule has 0 heterocycles. The second-order valence-electron chi connectivity index (χ2n) is 5.84. The summed E-state index contributed by atoms with van der Waals surface area (Å²) in [6.07, 6.45) is 5.36. The Hall–Kier alpha value is -0.820. The average Bonchev–Trinajstić information content (AvgIpc) is 2.86. The summed E-state index contributed by atoms with van der Waals surface area (Å²) in [5.74, 6) is 2.89. The van der Waals surface area contributed by atoms with Crippen LogP contribution in [0.25, 0.3) is 0 Å². The number of hydrogen-bond acceptors (Lipinski definition) is 1. The molecule has 0 bridgehead atoms. The van der Waals surface area contributed by atoms with Crippen molar-refractivity contribution in [3.8, 4) is 0 Å². The molecule has 0 spiro atoms. The molecule has 1 aromatic carbocycles. The van der Waals surface area contributed by atoms with Crippen LogP contribution in [0.15, 0.2) is 24.3 Å². The highest BCUT2D eigenvalue weighted by molar-refractivity contribution is 5.23. The van der Waals surface area contributed by atoms with Gasteiger partial charge in [-0.2, -0.15) is 0 Å². The lowest BCUT2D eigenvalue weighted by Gasteiger charge is -2.20. The SMILES string of the molecule is Cc1cccc(CC(N)C2CC3CC3C2)c1. The van der Waals surface area contributed by atoms with Crippen molar-refractivity contribution in [1.82, 2.24) is 0 Å². The van der Waals surface area contributed by atoms with Crippen molar-refractivity contribution in [2.45, 2.75) is 38.6 Å². The maximum Gasteiger partial charge on any atom is 0.0108 e. The third-order valence-corrected chi connectivity index (χ3v) is 4.44. The summed E-state index contributed by atoms with van der Waals surface area (Å²) in [5.41, 5.74) is 9.10. The van der Waals surface area contributed by atoms with Crippen molar-refractivity contribution in [1.29, 1.82) is 0 Å². The van der Waals surface area contributed by atoms with Gasteiger partial charge in [0, 0.05) is 6.04 Å². The number of rotatable bonds is 3. The Morgan fingerprint density at radius 1 is 1.25 bits per heavy atom. The Balaban J connectivity index is 1.61. The summed E-state index contributed by atoms with van der Waals surface area (Å²) in [6.45, 7) is 2.15. The molecular weight excluding hydrogens is 194 g/mol. The number of nitrogens with two attached hydrogens (primary N) is 1. The van der Waals surface area contributed by atoms with Crippen LogP contribution in [0.3, 0.4) is 0 Å². The van der Waals surface area contributed by atoms with Gasteiger partial charge in [-0.25, -0.2) is 0 Å². The van der Waals surface area contributed by atoms with Crippen LogP contribution >= 0.6 is 0 Å². The van der Waals surface area contributed by atoms with Crippen molar-refractivity contribution in [2.75, 3.05) is 0 Å². The maximum absolute atomic E-state index is 6.34. The first kappa shape index (κ1) is 10.3. The van der Waals surface area contributed by atoms with Crippen molar-refractivity contribution in [3.63, 3.8) is 0 Å². The Labute approximate surface area is 98.0 Å². The minimum absolute atomic E-state index is 0.384. The van der Waals surface area contributed by atoms with Crippen LogP contribution in [0.4, 0.5) is 0 Å². The zero-order chi connectivity index (χ0) is 11.1. The van der Waals surface area contributed by atoms with Gasteiger partial charge in [0.2, 0.25) is 0 Å². The molecule has 0 radical (unpaired) electrons. The van der Waals surface area contributed by atoms with Crippen LogP contribution in [0.2, 0.25) is 0 Å². The fourth-order valence-electron chi connectivity index (χ4n) is 3.39. The molecule has 3 rings (SSSR count). The Morgan fingerprint density at radius 2 is 2.00 bits per heavy atom. The summed E-state index contributed by atoms with van der Waals surface area (Å²) in [5, 5.41) is 0. The van der Waals surface area contributed by atoms with Crippen LogP contribution in [-0.4, -0.2) is 6.04 Å². The van der Waals surface area contributed by atoms with Crippen LogP contribution in [0.5, 0.6) is 0 Å². The van der Waals surface area contributed by atoms with E-state index >= 15 is 0 Å². The van der Waals surface area contributed by atoms with Crippen LogP contribution in [0, 0.1) is 24.7 Å². The van der Waals surface area contributed by atoms with Gasteiger partial charge in [0.25, 0.3) is 0 Å². The molecule has 1 aromatic rings. The van der Waals surface area contributed by atoms with E-state index in [-0.39, 0.29) is 0 Å². The van der Waals surface area contributed by atoms with E-state index in [1.54, 1.807) is 0 Å². The van der Waals surface area contributed by atoms with E-state index in [1.807, 2.05) is 0 Å². The topological polar surface area (TPSA) is 26.0 Å². The first-order valence-corrected chi connectivity index (χ1v) is 6.53. The zero-order valence-corrected chi connectivity index (χ0v) is 10.0. The number of hydrogen-bond donors (Lipinski definition) is 1. The standard InChI is InChI=1S/C15H21N/c1-10-3-2-4-11(5-10)6-15(16)14-8-12-7-13(12)9-14/h2-5,12-15H,6-9,16H2,1H3. The second kappa shape index (κ2) is 3.89. The molecule has 1 heteroatoms. The van der Waals surface area contributed by atoms with Crippen molar-refractivity contribution in [2.24, 2.45) is 23.5 Å². The van der Waals surface area contributed by atoms with Crippen molar-refractivity contribution in [3.05, 3.63) is 35.4 Å². The van der Waals surface area contributed by atoms with Crippen LogP contribution in [0.1, 0.15) is 30.4 Å². The molecule has 3 unspecified atom stereocenters. The molecule has 1 nitrogen and oxygen atoms in total. The fourth-order valence-corrected chi connectivity index (χ4v) is 3.39. The van der Waals surface area contributed by atoms with Gasteiger partial charge in [0.1, 0.15) is 0 Å². The summed E-state index contributed by atoms with van der Waals surface area (Å²) in [6, 6.07) is 9.16. The minimum Gasteiger partial charge on any atom is -0.327 e. The summed E-state index contributed by atoms with van der Waals surface area (Å²) in [7, 11) is 0. The summed E-state index contributed by atoms with van der Waals surface area (Å²) < 4.78 is 0. The van der Waals surface area contributed by atoms with Crippen LogP contribution < -0.4 is 5.73 Å². The maximum atomic E-state index is 6.34. The number of aryl methyl sites for hydroxylation is 1. The minimum atomic E-state index is 0.384. The monoisotopic (exact) mass is 215 g/mol. The molecule has 2 aliphatic rings. The lowest BCUT2D eigenvalue weighted by Crippen LogP contribution is -2.31. The molecule has 0 aromatic heterocycles. The van der Waals surface area contributed by atoms with E-state index in [0.29, 0.717) is 6.04 Å². The number of fused-ring (bicyclic) bond motifs is 1. The quantitative estimate of drug-likeness (QED) is 0.824. The lowest BCUT2D eigenvalue weighted by atomic mass is 9.90. The fraction of sp³-hybridized carbons (Fsp3) is 0.600. The van der Waals surface area contributed by atoms with E-state index < -0.39 is 0 Å². The van der Waals surface area contributed by atoms with E-state index in [9.17, 15) is 0 Å². The predicted molar refractivity (Wildman–Crippen MR) is 67.2 cm³/mol. The summed E-state index contributed by atoms with van der Waals surface area (Å²) in [4.78, 5) is 0. The van der Waals surface area contributed by atoms with Gasteiger partial charge in [0.05, 0.1) is 0 Å². The Kier molecular flexibility index (Phi) is 2.51. The Bertz CT molecular complexity index is 375. The third-order valence-electron chi connectivity index (χ3n) is 4.44. The van der Waals surface area contributed by atoms with E-state index in [4.69, 9.17) is 5.73 Å². The third kappa shape index (κ3) is 2.01. The van der Waals surface area contributed by atoms with Crippen molar-refractivity contribution < 1.29 is 0 Å². The molecule has 0 aliphatic heterocycles. The molecule has 2 fully saturated rings. The molecule has 2 aliphatic carbocycles. The average molecular weight is 215 g/mol. The van der Waals surface area contributed by atoms with Gasteiger partial charge in [-0.05, 0) is 55.9 Å². The highest BCUT2D eigenvalue weighted by Gasteiger charge is 2.47. The lowest BCUT2D eigenvalue weighted by molar-refractivity contribution is 0.392. The molecule has 0 saturated heterocycles.